The molecule has 0 unspecified atom stereocenters. The summed E-state index contributed by atoms with van der Waals surface area (Å²) in [5.74, 6) is -0.922. The molecule has 0 fully saturated rings. The molecule has 0 saturated heterocycles. The van der Waals surface area contributed by atoms with Gasteiger partial charge in [-0.2, -0.15) is 0 Å². The molecule has 0 spiro atoms. The third kappa shape index (κ3) is 2.65. The van der Waals surface area contributed by atoms with Gasteiger partial charge >= 0.3 is 5.97 Å². The molecule has 4 nitrogen and oxygen atoms in total. The number of aryl methyl sites for hydroxylation is 1. The lowest BCUT2D eigenvalue weighted by Crippen LogP contribution is -1.94. The Morgan fingerprint density at radius 3 is 2.50 bits per heavy atom. The van der Waals surface area contributed by atoms with Crippen LogP contribution in [0.4, 0.5) is 0 Å². The Morgan fingerprint density at radius 1 is 1.00 bits per heavy atom. The number of hydrogen-bond acceptors (Lipinski definition) is 2. The fourth-order valence-corrected chi connectivity index (χ4v) is 3.25. The van der Waals surface area contributed by atoms with Gasteiger partial charge in [0, 0.05) is 28.9 Å². The first-order chi connectivity index (χ1) is 12.5. The van der Waals surface area contributed by atoms with Crippen molar-refractivity contribution in [3.63, 3.8) is 0 Å². The predicted octanol–water partition coefficient (Wildman–Crippen LogP) is 5.21. The van der Waals surface area contributed by atoms with Crippen LogP contribution in [0.5, 0.6) is 0 Å². The van der Waals surface area contributed by atoms with Gasteiger partial charge in [0.25, 0.3) is 0 Å². The zero-order valence-corrected chi connectivity index (χ0v) is 14.6. The quantitative estimate of drug-likeness (QED) is 0.537. The van der Waals surface area contributed by atoms with Gasteiger partial charge in [-0.05, 0) is 54.3 Å². The van der Waals surface area contributed by atoms with Crippen LogP contribution in [0.1, 0.15) is 21.5 Å². The smallest absolute Gasteiger partial charge is 0.335 e. The summed E-state index contributed by atoms with van der Waals surface area (Å²) in [6, 6.07) is 15.3. The topological polar surface area (TPSA) is 66.0 Å². The van der Waals surface area contributed by atoms with E-state index >= 15 is 0 Å². The largest absolute Gasteiger partial charge is 0.478 e. The monoisotopic (exact) mass is 342 g/mol. The van der Waals surface area contributed by atoms with Crippen LogP contribution in [-0.2, 0) is 0 Å². The van der Waals surface area contributed by atoms with Crippen LogP contribution >= 0.6 is 0 Å². The van der Waals surface area contributed by atoms with E-state index in [1.807, 2.05) is 24.5 Å². The molecule has 4 heteroatoms. The summed E-state index contributed by atoms with van der Waals surface area (Å²) in [7, 11) is 0. The molecule has 0 radical (unpaired) electrons. The summed E-state index contributed by atoms with van der Waals surface area (Å²) in [6.45, 7) is 4.23. The maximum Gasteiger partial charge on any atom is 0.335 e. The number of benzene rings is 2. The van der Waals surface area contributed by atoms with Crippen molar-refractivity contribution in [2.24, 2.45) is 0 Å². The van der Waals surface area contributed by atoms with E-state index in [1.54, 1.807) is 12.1 Å². The first kappa shape index (κ1) is 16.1. The van der Waals surface area contributed by atoms with Crippen molar-refractivity contribution in [1.82, 2.24) is 9.97 Å². The minimum Gasteiger partial charge on any atom is -0.478 e. The third-order valence-corrected chi connectivity index (χ3v) is 4.89. The molecular weight excluding hydrogens is 324 g/mol. The Hall–Kier alpha value is -3.40. The van der Waals surface area contributed by atoms with Crippen molar-refractivity contribution >= 4 is 17.0 Å². The molecule has 2 aromatic carbocycles. The second-order valence-corrected chi connectivity index (χ2v) is 6.45. The number of hydrogen-bond donors (Lipinski definition) is 2. The Kier molecular flexibility index (Phi) is 3.81. The number of fused-ring (bicyclic) bond motifs is 1. The van der Waals surface area contributed by atoms with Crippen molar-refractivity contribution in [2.75, 3.05) is 0 Å². The van der Waals surface area contributed by atoms with Gasteiger partial charge in [0.2, 0.25) is 0 Å². The first-order valence-electron chi connectivity index (χ1n) is 8.42. The number of H-pyrrole nitrogens is 1. The SMILES string of the molecule is Cc1cccc(-c2cnc3[nH]cc(-c4ccc(C(=O)O)cc4)c3c2)c1C. The summed E-state index contributed by atoms with van der Waals surface area (Å²) in [5.41, 5.74) is 7.81. The zero-order chi connectivity index (χ0) is 18.3. The first-order valence-corrected chi connectivity index (χ1v) is 8.42. The predicted molar refractivity (Wildman–Crippen MR) is 103 cm³/mol. The highest BCUT2D eigenvalue weighted by atomic mass is 16.4. The number of pyridine rings is 1. The standard InChI is InChI=1S/C22H18N2O2/c1-13-4-3-5-18(14(13)2)17-10-19-20(12-24-21(19)23-11-17)15-6-8-16(9-7-15)22(25)26/h3-12H,1-2H3,(H,23,24)(H,25,26). The second-order valence-electron chi connectivity index (χ2n) is 6.45. The van der Waals surface area contributed by atoms with Crippen molar-refractivity contribution in [1.29, 1.82) is 0 Å². The zero-order valence-electron chi connectivity index (χ0n) is 14.6. The number of aromatic carboxylic acids is 1. The van der Waals surface area contributed by atoms with Crippen LogP contribution in [0.2, 0.25) is 0 Å². The molecule has 26 heavy (non-hydrogen) atoms. The lowest BCUT2D eigenvalue weighted by molar-refractivity contribution is 0.0697. The van der Waals surface area contributed by atoms with E-state index in [4.69, 9.17) is 5.11 Å². The highest BCUT2D eigenvalue weighted by Gasteiger charge is 2.11. The molecule has 2 N–H and O–H groups in total. The van der Waals surface area contributed by atoms with Crippen molar-refractivity contribution in [2.45, 2.75) is 13.8 Å². The highest BCUT2D eigenvalue weighted by Crippen LogP contribution is 2.32. The van der Waals surface area contributed by atoms with Crippen LogP contribution in [0.3, 0.4) is 0 Å². The number of carboxylic acids is 1. The highest BCUT2D eigenvalue weighted by molar-refractivity contribution is 5.96. The van der Waals surface area contributed by atoms with Crippen molar-refractivity contribution in [3.8, 4) is 22.3 Å². The van der Waals surface area contributed by atoms with Gasteiger partial charge in [0.1, 0.15) is 5.65 Å². The molecule has 0 aliphatic heterocycles. The van der Waals surface area contributed by atoms with E-state index in [1.165, 1.54) is 16.7 Å². The van der Waals surface area contributed by atoms with E-state index in [0.29, 0.717) is 0 Å². The maximum atomic E-state index is 11.1. The fraction of sp³-hybridized carbons (Fsp3) is 0.0909. The van der Waals surface area contributed by atoms with Gasteiger partial charge < -0.3 is 10.1 Å². The molecule has 2 heterocycles. The van der Waals surface area contributed by atoms with Gasteiger partial charge in [-0.1, -0.05) is 30.3 Å². The summed E-state index contributed by atoms with van der Waals surface area (Å²) in [5, 5.41) is 10.1. The maximum absolute atomic E-state index is 11.1. The minimum absolute atomic E-state index is 0.280. The van der Waals surface area contributed by atoms with E-state index in [0.717, 1.165) is 27.7 Å². The van der Waals surface area contributed by atoms with E-state index in [-0.39, 0.29) is 5.56 Å². The molecule has 0 aliphatic carbocycles. The van der Waals surface area contributed by atoms with Gasteiger partial charge in [-0.25, -0.2) is 9.78 Å². The molecular formula is C22H18N2O2. The van der Waals surface area contributed by atoms with Gasteiger partial charge in [0.15, 0.2) is 0 Å². The summed E-state index contributed by atoms with van der Waals surface area (Å²) < 4.78 is 0. The number of carboxylic acid groups (broad SMARTS) is 1. The average Bonchev–Trinajstić information content (AvgIpc) is 3.07. The Morgan fingerprint density at radius 2 is 1.77 bits per heavy atom. The second kappa shape index (κ2) is 6.15. The molecule has 0 bridgehead atoms. The third-order valence-electron chi connectivity index (χ3n) is 4.89. The Bertz CT molecular complexity index is 1120. The number of aromatic nitrogens is 2. The van der Waals surface area contributed by atoms with Gasteiger partial charge in [0.05, 0.1) is 5.56 Å². The molecule has 0 amide bonds. The lowest BCUT2D eigenvalue weighted by Gasteiger charge is -2.09. The number of carbonyl (C=O) groups is 1. The van der Waals surface area contributed by atoms with E-state index < -0.39 is 5.97 Å². The molecule has 2 aromatic heterocycles. The van der Waals surface area contributed by atoms with Gasteiger partial charge in [-0.15, -0.1) is 0 Å². The molecule has 4 aromatic rings. The minimum atomic E-state index is -0.922. The summed E-state index contributed by atoms with van der Waals surface area (Å²) in [6.07, 6.45) is 3.80. The van der Waals surface area contributed by atoms with Gasteiger partial charge in [-0.3, -0.25) is 0 Å². The van der Waals surface area contributed by atoms with Crippen LogP contribution in [-0.4, -0.2) is 21.0 Å². The normalized spacial score (nSPS) is 11.0. The summed E-state index contributed by atoms with van der Waals surface area (Å²) in [4.78, 5) is 18.8. The van der Waals surface area contributed by atoms with Crippen LogP contribution in [0.25, 0.3) is 33.3 Å². The molecule has 0 aliphatic rings. The van der Waals surface area contributed by atoms with E-state index in [2.05, 4.69) is 48.1 Å². The van der Waals surface area contributed by atoms with Crippen LogP contribution < -0.4 is 0 Å². The van der Waals surface area contributed by atoms with Crippen LogP contribution in [0, 0.1) is 13.8 Å². The number of aromatic amines is 1. The average molecular weight is 342 g/mol. The fourth-order valence-electron chi connectivity index (χ4n) is 3.25. The van der Waals surface area contributed by atoms with Crippen LogP contribution in [0.15, 0.2) is 60.9 Å². The Balaban J connectivity index is 1.85. The molecule has 4 rings (SSSR count). The number of nitrogens with one attached hydrogen (secondary N) is 1. The summed E-state index contributed by atoms with van der Waals surface area (Å²) >= 11 is 0. The Labute approximate surface area is 151 Å². The van der Waals surface area contributed by atoms with E-state index in [9.17, 15) is 4.79 Å². The molecule has 0 saturated carbocycles. The molecule has 0 atom stereocenters. The van der Waals surface area contributed by atoms with Crippen molar-refractivity contribution < 1.29 is 9.90 Å². The molecule has 128 valence electrons. The lowest BCUT2D eigenvalue weighted by atomic mass is 9.96. The number of rotatable bonds is 3. The number of nitrogens with zero attached hydrogens (tertiary/aromatic N) is 1. The van der Waals surface area contributed by atoms with Crippen molar-refractivity contribution in [3.05, 3.63) is 77.6 Å².